The summed E-state index contributed by atoms with van der Waals surface area (Å²) >= 11 is 0. The van der Waals surface area contributed by atoms with Crippen molar-refractivity contribution in [2.75, 3.05) is 13.1 Å². The lowest BCUT2D eigenvalue weighted by atomic mass is 9.61. The summed E-state index contributed by atoms with van der Waals surface area (Å²) in [5.41, 5.74) is 0.762. The van der Waals surface area contributed by atoms with Gasteiger partial charge in [0.1, 0.15) is 0 Å². The molecule has 1 aliphatic heterocycles. The lowest BCUT2D eigenvalue weighted by Gasteiger charge is -2.47. The van der Waals surface area contributed by atoms with Gasteiger partial charge in [-0.15, -0.1) is 0 Å². The molecule has 0 aromatic rings. The highest BCUT2D eigenvalue weighted by Gasteiger charge is 2.39. The minimum atomic E-state index is 0.762. The molecule has 1 aliphatic carbocycles. The van der Waals surface area contributed by atoms with Crippen LogP contribution in [-0.4, -0.2) is 13.1 Å². The maximum atomic E-state index is 3.50. The Morgan fingerprint density at radius 2 is 1.92 bits per heavy atom. The summed E-state index contributed by atoms with van der Waals surface area (Å²) in [5, 5.41) is 3.50. The molecule has 1 unspecified atom stereocenters. The van der Waals surface area contributed by atoms with Crippen molar-refractivity contribution in [3.05, 3.63) is 0 Å². The van der Waals surface area contributed by atoms with Crippen LogP contribution in [0, 0.1) is 11.3 Å². The van der Waals surface area contributed by atoms with Crippen molar-refractivity contribution in [2.24, 2.45) is 11.3 Å². The third-order valence-corrected chi connectivity index (χ3v) is 4.44. The highest BCUT2D eigenvalue weighted by atomic mass is 14.9. The molecule has 2 rings (SSSR count). The molecule has 0 radical (unpaired) electrons. The van der Waals surface area contributed by atoms with E-state index in [-0.39, 0.29) is 0 Å². The van der Waals surface area contributed by atoms with Gasteiger partial charge in [-0.25, -0.2) is 0 Å². The van der Waals surface area contributed by atoms with E-state index in [2.05, 4.69) is 12.2 Å². The van der Waals surface area contributed by atoms with E-state index in [1.165, 1.54) is 58.0 Å². The van der Waals surface area contributed by atoms with E-state index in [1.54, 1.807) is 0 Å². The second kappa shape index (κ2) is 4.00. The summed E-state index contributed by atoms with van der Waals surface area (Å²) in [6.07, 6.45) is 10.3. The molecule has 2 aliphatic rings. The molecule has 1 atom stereocenters. The van der Waals surface area contributed by atoms with E-state index >= 15 is 0 Å². The Balaban J connectivity index is 2.06. The molecule has 13 heavy (non-hydrogen) atoms. The molecule has 1 saturated carbocycles. The Bertz CT molecular complexity index is 150. The number of piperidine rings is 1. The van der Waals surface area contributed by atoms with Gasteiger partial charge in [0.05, 0.1) is 0 Å². The zero-order valence-electron chi connectivity index (χ0n) is 8.94. The van der Waals surface area contributed by atoms with Crippen LogP contribution < -0.4 is 5.32 Å². The molecular weight excluding hydrogens is 158 g/mol. The maximum absolute atomic E-state index is 3.50. The van der Waals surface area contributed by atoms with Gasteiger partial charge in [-0.05, 0) is 50.1 Å². The lowest BCUT2D eigenvalue weighted by Crippen LogP contribution is -2.43. The van der Waals surface area contributed by atoms with Crippen molar-refractivity contribution in [1.82, 2.24) is 5.32 Å². The van der Waals surface area contributed by atoms with E-state index in [0.717, 1.165) is 11.3 Å². The van der Waals surface area contributed by atoms with Gasteiger partial charge < -0.3 is 5.32 Å². The van der Waals surface area contributed by atoms with E-state index < -0.39 is 0 Å². The van der Waals surface area contributed by atoms with Gasteiger partial charge >= 0.3 is 0 Å². The Kier molecular flexibility index (Phi) is 2.92. The van der Waals surface area contributed by atoms with Crippen molar-refractivity contribution in [3.63, 3.8) is 0 Å². The normalized spacial score (nSPS) is 33.5. The Morgan fingerprint density at radius 3 is 2.62 bits per heavy atom. The molecule has 1 spiro atoms. The molecule has 0 amide bonds. The van der Waals surface area contributed by atoms with Gasteiger partial charge in [-0.2, -0.15) is 0 Å². The van der Waals surface area contributed by atoms with Gasteiger partial charge in [0.25, 0.3) is 0 Å². The molecule has 1 saturated heterocycles. The smallest absolute Gasteiger partial charge is 0.00435 e. The molecule has 1 heteroatoms. The van der Waals surface area contributed by atoms with E-state index in [4.69, 9.17) is 0 Å². The molecule has 0 aromatic carbocycles. The lowest BCUT2D eigenvalue weighted by molar-refractivity contribution is 0.0530. The number of hydrogen-bond donors (Lipinski definition) is 1. The van der Waals surface area contributed by atoms with Gasteiger partial charge in [-0.3, -0.25) is 0 Å². The number of nitrogens with one attached hydrogen (secondary N) is 1. The summed E-state index contributed by atoms with van der Waals surface area (Å²) in [4.78, 5) is 0. The van der Waals surface area contributed by atoms with Crippen LogP contribution in [0.25, 0.3) is 0 Å². The van der Waals surface area contributed by atoms with Crippen molar-refractivity contribution in [3.8, 4) is 0 Å². The minimum Gasteiger partial charge on any atom is -0.317 e. The summed E-state index contributed by atoms with van der Waals surface area (Å²) < 4.78 is 0. The van der Waals surface area contributed by atoms with Crippen molar-refractivity contribution >= 4 is 0 Å². The predicted molar refractivity (Wildman–Crippen MR) is 56.8 cm³/mol. The molecule has 1 nitrogen and oxygen atoms in total. The molecule has 2 fully saturated rings. The zero-order chi connectivity index (χ0) is 9.15. The third-order valence-electron chi connectivity index (χ3n) is 4.44. The van der Waals surface area contributed by atoms with Crippen LogP contribution in [-0.2, 0) is 0 Å². The highest BCUT2D eigenvalue weighted by Crippen LogP contribution is 2.48. The first kappa shape index (κ1) is 9.51. The molecule has 1 N–H and O–H groups in total. The van der Waals surface area contributed by atoms with Gasteiger partial charge in [0.2, 0.25) is 0 Å². The standard InChI is InChI=1S/C12H23N/c1-2-11-5-3-4-6-12(11)7-9-13-10-8-12/h11,13H,2-10H2,1H3. The van der Waals surface area contributed by atoms with E-state index in [9.17, 15) is 0 Å². The van der Waals surface area contributed by atoms with Crippen molar-refractivity contribution in [1.29, 1.82) is 0 Å². The van der Waals surface area contributed by atoms with Crippen LogP contribution in [0.1, 0.15) is 51.9 Å². The maximum Gasteiger partial charge on any atom is -0.00435 e. The zero-order valence-corrected chi connectivity index (χ0v) is 8.94. The Labute approximate surface area is 82.3 Å². The Hall–Kier alpha value is -0.0400. The average Bonchev–Trinajstić information content (AvgIpc) is 2.20. The van der Waals surface area contributed by atoms with Crippen LogP contribution in [0.2, 0.25) is 0 Å². The fraction of sp³-hybridized carbons (Fsp3) is 1.00. The summed E-state index contributed by atoms with van der Waals surface area (Å²) in [6, 6.07) is 0. The topological polar surface area (TPSA) is 12.0 Å². The first-order valence-corrected chi connectivity index (χ1v) is 6.08. The van der Waals surface area contributed by atoms with Crippen molar-refractivity contribution in [2.45, 2.75) is 51.9 Å². The molecule has 76 valence electrons. The summed E-state index contributed by atoms with van der Waals surface area (Å²) in [5.74, 6) is 1.04. The first-order chi connectivity index (χ1) is 6.37. The quantitative estimate of drug-likeness (QED) is 0.656. The molecule has 0 aromatic heterocycles. The van der Waals surface area contributed by atoms with Crippen molar-refractivity contribution < 1.29 is 0 Å². The van der Waals surface area contributed by atoms with Crippen LogP contribution in [0.5, 0.6) is 0 Å². The van der Waals surface area contributed by atoms with E-state index in [1.807, 2.05) is 0 Å². The monoisotopic (exact) mass is 181 g/mol. The fourth-order valence-corrected chi connectivity index (χ4v) is 3.60. The summed E-state index contributed by atoms with van der Waals surface area (Å²) in [6.45, 7) is 4.94. The van der Waals surface area contributed by atoms with Crippen LogP contribution >= 0.6 is 0 Å². The van der Waals surface area contributed by atoms with Gasteiger partial charge in [-0.1, -0.05) is 26.2 Å². The third kappa shape index (κ3) is 1.76. The van der Waals surface area contributed by atoms with Crippen LogP contribution in [0.3, 0.4) is 0 Å². The molecular formula is C12H23N. The second-order valence-corrected chi connectivity index (χ2v) is 4.96. The average molecular weight is 181 g/mol. The Morgan fingerprint density at radius 1 is 1.15 bits per heavy atom. The fourth-order valence-electron chi connectivity index (χ4n) is 3.60. The SMILES string of the molecule is CCC1CCCCC12CCNCC2. The number of rotatable bonds is 1. The summed E-state index contributed by atoms with van der Waals surface area (Å²) in [7, 11) is 0. The van der Waals surface area contributed by atoms with Gasteiger partial charge in [0.15, 0.2) is 0 Å². The second-order valence-electron chi connectivity index (χ2n) is 4.96. The highest BCUT2D eigenvalue weighted by molar-refractivity contribution is 4.92. The first-order valence-electron chi connectivity index (χ1n) is 6.08. The van der Waals surface area contributed by atoms with Crippen LogP contribution in [0.4, 0.5) is 0 Å². The van der Waals surface area contributed by atoms with Crippen LogP contribution in [0.15, 0.2) is 0 Å². The number of hydrogen-bond acceptors (Lipinski definition) is 1. The molecule has 0 bridgehead atoms. The largest absolute Gasteiger partial charge is 0.317 e. The predicted octanol–water partition coefficient (Wildman–Crippen LogP) is 2.96. The van der Waals surface area contributed by atoms with Gasteiger partial charge in [0, 0.05) is 0 Å². The molecule has 1 heterocycles. The minimum absolute atomic E-state index is 0.762. The van der Waals surface area contributed by atoms with E-state index in [0.29, 0.717) is 0 Å².